The van der Waals surface area contributed by atoms with Crippen molar-refractivity contribution in [1.82, 2.24) is 0 Å². The second kappa shape index (κ2) is 8.44. The topological polar surface area (TPSA) is 119 Å². The summed E-state index contributed by atoms with van der Waals surface area (Å²) in [5.41, 5.74) is 0.0583. The molecule has 1 atom stereocenters. The Morgan fingerprint density at radius 1 is 1.29 bits per heavy atom. The fraction of sp³-hybridized carbons (Fsp3) is 0.235. The summed E-state index contributed by atoms with van der Waals surface area (Å²) in [4.78, 5) is 23.0. The van der Waals surface area contributed by atoms with Gasteiger partial charge < -0.3 is 10.1 Å². The van der Waals surface area contributed by atoms with Crippen molar-refractivity contribution in [2.45, 2.75) is 13.0 Å². The summed E-state index contributed by atoms with van der Waals surface area (Å²) in [7, 11) is -2.46. The van der Waals surface area contributed by atoms with Gasteiger partial charge in [0.1, 0.15) is 11.8 Å². The number of nitro groups is 1. The van der Waals surface area contributed by atoms with Gasteiger partial charge in [0.25, 0.3) is 5.69 Å². The summed E-state index contributed by atoms with van der Waals surface area (Å²) < 4.78 is 30.4. The number of anilines is 2. The number of rotatable bonds is 7. The van der Waals surface area contributed by atoms with Crippen LogP contribution in [0.25, 0.3) is 0 Å². The maximum Gasteiger partial charge on any atom is 0.271 e. The maximum atomic E-state index is 12.6. The molecule has 0 saturated carbocycles. The van der Waals surface area contributed by atoms with Crippen LogP contribution in [-0.4, -0.2) is 38.7 Å². The van der Waals surface area contributed by atoms with Crippen molar-refractivity contribution in [3.05, 3.63) is 57.6 Å². The first-order valence-electron chi connectivity index (χ1n) is 7.93. The van der Waals surface area contributed by atoms with Gasteiger partial charge in [-0.1, -0.05) is 17.7 Å². The van der Waals surface area contributed by atoms with Crippen LogP contribution in [-0.2, 0) is 14.8 Å². The zero-order chi connectivity index (χ0) is 21.1. The van der Waals surface area contributed by atoms with E-state index >= 15 is 0 Å². The molecule has 1 N–H and O–H groups in total. The predicted molar refractivity (Wildman–Crippen MR) is 107 cm³/mol. The quantitative estimate of drug-likeness (QED) is 0.535. The standard InChI is InChI=1S/C17H18ClN3O6S/c1-11(17(22)19-12-7-8-16(27-2)15(18)9-12)20(28(3,25)26)13-5-4-6-14(10-13)21(23)24/h4-11H,1-3H3,(H,19,22). The number of carbonyl (C=O) groups is 1. The average Bonchev–Trinajstić information content (AvgIpc) is 2.61. The normalized spacial score (nSPS) is 12.1. The first kappa shape index (κ1) is 21.5. The first-order valence-corrected chi connectivity index (χ1v) is 10.2. The van der Waals surface area contributed by atoms with E-state index in [4.69, 9.17) is 16.3 Å². The molecule has 0 radical (unpaired) electrons. The average molecular weight is 428 g/mol. The minimum Gasteiger partial charge on any atom is -0.495 e. The van der Waals surface area contributed by atoms with Crippen molar-refractivity contribution in [1.29, 1.82) is 0 Å². The molecule has 2 aromatic carbocycles. The number of ether oxygens (including phenoxy) is 1. The molecular weight excluding hydrogens is 410 g/mol. The van der Waals surface area contributed by atoms with Gasteiger partial charge in [0.05, 0.1) is 29.0 Å². The van der Waals surface area contributed by atoms with E-state index in [-0.39, 0.29) is 16.4 Å². The van der Waals surface area contributed by atoms with E-state index in [1.54, 1.807) is 12.1 Å². The van der Waals surface area contributed by atoms with Crippen LogP contribution in [0.4, 0.5) is 17.1 Å². The highest BCUT2D eigenvalue weighted by Gasteiger charge is 2.30. The summed E-state index contributed by atoms with van der Waals surface area (Å²) in [6, 6.07) is 8.43. The molecule has 1 amide bonds. The van der Waals surface area contributed by atoms with Crippen LogP contribution in [0.2, 0.25) is 5.02 Å². The molecule has 0 aliphatic carbocycles. The van der Waals surface area contributed by atoms with E-state index in [0.717, 1.165) is 16.6 Å². The highest BCUT2D eigenvalue weighted by Crippen LogP contribution is 2.28. The lowest BCUT2D eigenvalue weighted by atomic mass is 10.2. The van der Waals surface area contributed by atoms with Crippen LogP contribution in [0, 0.1) is 10.1 Å². The second-order valence-electron chi connectivity index (χ2n) is 5.85. The largest absolute Gasteiger partial charge is 0.495 e. The molecule has 1 unspecified atom stereocenters. The van der Waals surface area contributed by atoms with Gasteiger partial charge in [0.2, 0.25) is 15.9 Å². The summed E-state index contributed by atoms with van der Waals surface area (Å²) in [5, 5.41) is 13.8. The molecule has 2 rings (SSSR count). The van der Waals surface area contributed by atoms with Gasteiger partial charge in [-0.25, -0.2) is 8.42 Å². The number of hydrogen-bond acceptors (Lipinski definition) is 6. The smallest absolute Gasteiger partial charge is 0.271 e. The summed E-state index contributed by atoms with van der Waals surface area (Å²) in [6.45, 7) is 1.38. The number of methoxy groups -OCH3 is 1. The van der Waals surface area contributed by atoms with Crippen LogP contribution in [0.1, 0.15) is 6.92 Å². The zero-order valence-electron chi connectivity index (χ0n) is 15.2. The van der Waals surface area contributed by atoms with Crippen LogP contribution in [0.3, 0.4) is 0 Å². The van der Waals surface area contributed by atoms with Crippen LogP contribution < -0.4 is 14.4 Å². The molecule has 0 aromatic heterocycles. The van der Waals surface area contributed by atoms with Gasteiger partial charge in [-0.3, -0.25) is 19.2 Å². The molecule has 9 nitrogen and oxygen atoms in total. The van der Waals surface area contributed by atoms with Crippen LogP contribution >= 0.6 is 11.6 Å². The van der Waals surface area contributed by atoms with Crippen LogP contribution in [0.15, 0.2) is 42.5 Å². The second-order valence-corrected chi connectivity index (χ2v) is 8.12. The Hall–Kier alpha value is -2.85. The van der Waals surface area contributed by atoms with Crippen molar-refractivity contribution in [3.8, 4) is 5.75 Å². The first-order chi connectivity index (χ1) is 13.0. The number of sulfonamides is 1. The summed E-state index contributed by atoms with van der Waals surface area (Å²) in [5.74, 6) is -0.222. The molecule has 150 valence electrons. The van der Waals surface area contributed by atoms with Crippen molar-refractivity contribution in [3.63, 3.8) is 0 Å². The Bertz CT molecular complexity index is 1010. The van der Waals surface area contributed by atoms with E-state index < -0.39 is 26.9 Å². The lowest BCUT2D eigenvalue weighted by molar-refractivity contribution is -0.384. The van der Waals surface area contributed by atoms with E-state index in [1.807, 2.05) is 0 Å². The Balaban J connectivity index is 2.34. The third kappa shape index (κ3) is 4.90. The third-order valence-corrected chi connectivity index (χ3v) is 5.34. The molecule has 0 bridgehead atoms. The Morgan fingerprint density at radius 3 is 2.50 bits per heavy atom. The number of benzene rings is 2. The van der Waals surface area contributed by atoms with Gasteiger partial charge in [0.15, 0.2) is 0 Å². The molecule has 0 aliphatic heterocycles. The predicted octanol–water partition coefficient (Wildman–Crippen LogP) is 3.05. The van der Waals surface area contributed by atoms with Gasteiger partial charge in [-0.15, -0.1) is 0 Å². The van der Waals surface area contributed by atoms with E-state index in [9.17, 15) is 23.3 Å². The van der Waals surface area contributed by atoms with Gasteiger partial charge >= 0.3 is 0 Å². The van der Waals surface area contributed by atoms with E-state index in [0.29, 0.717) is 11.4 Å². The minimum absolute atomic E-state index is 0.00659. The number of carbonyl (C=O) groups excluding carboxylic acids is 1. The highest BCUT2D eigenvalue weighted by atomic mass is 35.5. The number of amides is 1. The number of halogens is 1. The zero-order valence-corrected chi connectivity index (χ0v) is 16.8. The Morgan fingerprint density at radius 2 is 1.96 bits per heavy atom. The number of non-ortho nitro benzene ring substituents is 1. The molecule has 0 saturated heterocycles. The Labute approximate surface area is 167 Å². The number of nitrogens with zero attached hydrogens (tertiary/aromatic N) is 2. The fourth-order valence-corrected chi connectivity index (χ4v) is 3.97. The van der Waals surface area contributed by atoms with E-state index in [2.05, 4.69) is 5.32 Å². The molecule has 0 spiro atoms. The highest BCUT2D eigenvalue weighted by molar-refractivity contribution is 7.92. The van der Waals surface area contributed by atoms with Crippen molar-refractivity contribution in [2.24, 2.45) is 0 Å². The lowest BCUT2D eigenvalue weighted by Gasteiger charge is -2.28. The fourth-order valence-electron chi connectivity index (χ4n) is 2.54. The van der Waals surface area contributed by atoms with Crippen LogP contribution in [0.5, 0.6) is 5.75 Å². The molecule has 0 heterocycles. The van der Waals surface area contributed by atoms with Gasteiger partial charge in [0, 0.05) is 17.8 Å². The minimum atomic E-state index is -3.91. The van der Waals surface area contributed by atoms with Crippen molar-refractivity contribution >= 4 is 44.6 Å². The third-order valence-electron chi connectivity index (χ3n) is 3.80. The maximum absolute atomic E-state index is 12.6. The number of nitrogens with one attached hydrogen (secondary N) is 1. The molecule has 0 fully saturated rings. The lowest BCUT2D eigenvalue weighted by Crippen LogP contribution is -2.45. The molecule has 11 heteroatoms. The van der Waals surface area contributed by atoms with E-state index in [1.165, 1.54) is 38.3 Å². The van der Waals surface area contributed by atoms with Gasteiger partial charge in [-0.2, -0.15) is 0 Å². The SMILES string of the molecule is COc1ccc(NC(=O)C(C)N(c2cccc([N+](=O)[O-])c2)S(C)(=O)=O)cc1Cl. The monoisotopic (exact) mass is 427 g/mol. The number of nitro benzene ring substituents is 1. The van der Waals surface area contributed by atoms with Crippen molar-refractivity contribution in [2.75, 3.05) is 23.0 Å². The molecular formula is C17H18ClN3O6S. The summed E-state index contributed by atoms with van der Waals surface area (Å²) in [6.07, 6.45) is 0.917. The Kier molecular flexibility index (Phi) is 6.47. The van der Waals surface area contributed by atoms with Crippen molar-refractivity contribution < 1.29 is 22.9 Å². The summed E-state index contributed by atoms with van der Waals surface area (Å²) >= 11 is 6.02. The van der Waals surface area contributed by atoms with Gasteiger partial charge in [-0.05, 0) is 31.2 Å². The number of hydrogen-bond donors (Lipinski definition) is 1. The molecule has 2 aromatic rings. The molecule has 0 aliphatic rings. The molecule has 28 heavy (non-hydrogen) atoms.